The van der Waals surface area contributed by atoms with Gasteiger partial charge in [-0.1, -0.05) is 378 Å². The van der Waals surface area contributed by atoms with Gasteiger partial charge in [0.25, 0.3) is 0 Å². The van der Waals surface area contributed by atoms with Gasteiger partial charge in [0.1, 0.15) is 13.2 Å². The Kier molecular flexibility index (Phi) is 69.6. The van der Waals surface area contributed by atoms with Crippen molar-refractivity contribution in [2.75, 3.05) is 13.2 Å². The number of carbonyl (C=O) groups is 3. The third kappa shape index (κ3) is 70.0. The maximum Gasteiger partial charge on any atom is 0.306 e. The number of unbranched alkanes of at least 4 members (excludes halogenated alkanes) is 50. The molecule has 1 unspecified atom stereocenters. The molecule has 0 rings (SSSR count). The smallest absolute Gasteiger partial charge is 0.306 e. The summed E-state index contributed by atoms with van der Waals surface area (Å²) in [7, 11) is 0. The molecule has 0 fully saturated rings. The van der Waals surface area contributed by atoms with E-state index >= 15 is 0 Å². The Hall–Kier alpha value is -2.63. The summed E-state index contributed by atoms with van der Waals surface area (Å²) in [5.41, 5.74) is 0. The first kappa shape index (κ1) is 80.4. The fourth-order valence-corrected chi connectivity index (χ4v) is 11.3. The molecule has 0 aromatic rings. The summed E-state index contributed by atoms with van der Waals surface area (Å²) in [4.78, 5) is 38.4. The van der Waals surface area contributed by atoms with Gasteiger partial charge in [0, 0.05) is 19.3 Å². The van der Waals surface area contributed by atoms with Gasteiger partial charge in [-0.25, -0.2) is 0 Å². The lowest BCUT2D eigenvalue weighted by Crippen LogP contribution is -2.30. The SMILES string of the molecule is CC/C=C\C/C=C\C/C=C\C/C=C\CCCCC(=O)OCC(COC(=O)CCCCCCCCCCCCCCCCCCCCCCCCCCCCCCCCCC)OC(=O)CCCCCCCCCCCCCCCCCCCC. The first-order valence-electron chi connectivity index (χ1n) is 37.1. The standard InChI is InChI=1S/C77H142O6/c1-4-7-10-13-16-19-22-25-28-30-32-33-34-35-36-37-38-39-40-41-42-43-44-45-47-49-52-55-58-61-64-67-70-76(79)82-73-74(72-81-75(78)69-66-63-60-57-54-51-48-27-24-21-18-15-12-9-6-3)83-77(80)71-68-65-62-59-56-53-50-46-31-29-26-23-20-17-14-11-8-5-2/h9,12,18,21,27,48,54,57,74H,4-8,10-11,13-17,19-20,22-26,28-47,49-53,55-56,58-73H2,1-3H3/b12-9-,21-18-,48-27-,57-54-. The molecule has 0 radical (unpaired) electrons. The van der Waals surface area contributed by atoms with Crippen LogP contribution < -0.4 is 0 Å². The van der Waals surface area contributed by atoms with Crippen LogP contribution in [0.1, 0.15) is 406 Å². The topological polar surface area (TPSA) is 78.9 Å². The molecule has 0 bridgehead atoms. The van der Waals surface area contributed by atoms with Crippen molar-refractivity contribution in [3.8, 4) is 0 Å². The molecule has 0 aromatic carbocycles. The molecule has 0 aliphatic heterocycles. The van der Waals surface area contributed by atoms with Gasteiger partial charge in [0.15, 0.2) is 6.10 Å². The minimum atomic E-state index is -0.788. The number of esters is 3. The zero-order valence-electron chi connectivity index (χ0n) is 56.0. The first-order valence-corrected chi connectivity index (χ1v) is 37.1. The van der Waals surface area contributed by atoms with Crippen LogP contribution in [0, 0.1) is 0 Å². The van der Waals surface area contributed by atoms with Gasteiger partial charge in [0.2, 0.25) is 0 Å². The third-order valence-electron chi connectivity index (χ3n) is 16.8. The van der Waals surface area contributed by atoms with E-state index in [1.807, 2.05) is 0 Å². The van der Waals surface area contributed by atoms with Gasteiger partial charge < -0.3 is 14.2 Å². The molecule has 0 aliphatic rings. The van der Waals surface area contributed by atoms with E-state index in [9.17, 15) is 14.4 Å². The van der Waals surface area contributed by atoms with E-state index in [1.165, 1.54) is 283 Å². The van der Waals surface area contributed by atoms with Gasteiger partial charge in [-0.2, -0.15) is 0 Å². The second kappa shape index (κ2) is 71.8. The Balaban J connectivity index is 4.17. The lowest BCUT2D eigenvalue weighted by atomic mass is 10.0. The molecule has 0 amide bonds. The molecule has 6 heteroatoms. The second-order valence-electron chi connectivity index (χ2n) is 25.2. The molecule has 0 aliphatic carbocycles. The monoisotopic (exact) mass is 1160 g/mol. The van der Waals surface area contributed by atoms with Crippen molar-refractivity contribution in [2.45, 2.75) is 412 Å². The number of ether oxygens (including phenoxy) is 3. The molecule has 1 atom stereocenters. The molecule has 486 valence electrons. The highest BCUT2D eigenvalue weighted by molar-refractivity contribution is 5.71. The highest BCUT2D eigenvalue weighted by Gasteiger charge is 2.19. The van der Waals surface area contributed by atoms with Crippen LogP contribution in [0.5, 0.6) is 0 Å². The fraction of sp³-hybridized carbons (Fsp3) is 0.857. The Morgan fingerprint density at radius 3 is 0.735 bits per heavy atom. The summed E-state index contributed by atoms with van der Waals surface area (Å²) in [6.45, 7) is 6.57. The van der Waals surface area contributed by atoms with Crippen LogP contribution in [0.3, 0.4) is 0 Å². The number of hydrogen-bond donors (Lipinski definition) is 0. The first-order chi connectivity index (χ1) is 41.0. The van der Waals surface area contributed by atoms with E-state index in [-0.39, 0.29) is 31.1 Å². The number of rotatable bonds is 69. The van der Waals surface area contributed by atoms with Crippen LogP contribution in [0.4, 0.5) is 0 Å². The van der Waals surface area contributed by atoms with Crippen molar-refractivity contribution < 1.29 is 28.6 Å². The largest absolute Gasteiger partial charge is 0.462 e. The van der Waals surface area contributed by atoms with Crippen LogP contribution >= 0.6 is 0 Å². The Labute approximate surface area is 518 Å². The van der Waals surface area contributed by atoms with Gasteiger partial charge >= 0.3 is 17.9 Å². The van der Waals surface area contributed by atoms with E-state index in [1.54, 1.807) is 0 Å². The number of hydrogen-bond acceptors (Lipinski definition) is 6. The molecular formula is C77H142O6. The maximum atomic E-state index is 12.9. The second-order valence-corrected chi connectivity index (χ2v) is 25.2. The van der Waals surface area contributed by atoms with E-state index in [0.717, 1.165) is 83.5 Å². The van der Waals surface area contributed by atoms with Crippen molar-refractivity contribution >= 4 is 17.9 Å². The third-order valence-corrected chi connectivity index (χ3v) is 16.8. The molecule has 0 aromatic heterocycles. The highest BCUT2D eigenvalue weighted by Crippen LogP contribution is 2.19. The number of carbonyl (C=O) groups excluding carboxylic acids is 3. The summed E-state index contributed by atoms with van der Waals surface area (Å²) in [6, 6.07) is 0. The van der Waals surface area contributed by atoms with Crippen molar-refractivity contribution in [3.05, 3.63) is 48.6 Å². The Bertz CT molecular complexity index is 1430. The summed E-state index contributed by atoms with van der Waals surface area (Å²) < 4.78 is 17.0. The summed E-state index contributed by atoms with van der Waals surface area (Å²) in [5, 5.41) is 0. The van der Waals surface area contributed by atoms with Crippen LogP contribution in [-0.4, -0.2) is 37.2 Å². The lowest BCUT2D eigenvalue weighted by Gasteiger charge is -2.18. The predicted molar refractivity (Wildman–Crippen MR) is 362 cm³/mol. The summed E-state index contributed by atoms with van der Waals surface area (Å²) in [5.74, 6) is -0.896. The zero-order chi connectivity index (χ0) is 59.9. The summed E-state index contributed by atoms with van der Waals surface area (Å²) in [6.07, 6.45) is 91.8. The van der Waals surface area contributed by atoms with E-state index in [4.69, 9.17) is 14.2 Å². The Morgan fingerprint density at radius 1 is 0.253 bits per heavy atom. The predicted octanol–water partition coefficient (Wildman–Crippen LogP) is 25.7. The molecule has 0 spiro atoms. The molecule has 6 nitrogen and oxygen atoms in total. The van der Waals surface area contributed by atoms with Gasteiger partial charge in [-0.15, -0.1) is 0 Å². The van der Waals surface area contributed by atoms with Crippen molar-refractivity contribution in [1.82, 2.24) is 0 Å². The number of allylic oxidation sites excluding steroid dienone is 8. The molecule has 0 saturated heterocycles. The van der Waals surface area contributed by atoms with Crippen molar-refractivity contribution in [2.24, 2.45) is 0 Å². The Morgan fingerprint density at radius 2 is 0.470 bits per heavy atom. The minimum absolute atomic E-state index is 0.0809. The molecule has 83 heavy (non-hydrogen) atoms. The van der Waals surface area contributed by atoms with Crippen molar-refractivity contribution in [1.29, 1.82) is 0 Å². The average Bonchev–Trinajstić information content (AvgIpc) is 3.49. The van der Waals surface area contributed by atoms with Gasteiger partial charge in [-0.3, -0.25) is 14.4 Å². The molecule has 0 saturated carbocycles. The molecule has 0 heterocycles. The quantitative estimate of drug-likeness (QED) is 0.0261. The normalized spacial score (nSPS) is 12.3. The van der Waals surface area contributed by atoms with Crippen LogP contribution in [-0.2, 0) is 28.6 Å². The average molecular weight is 1160 g/mol. The van der Waals surface area contributed by atoms with E-state index in [2.05, 4.69) is 69.4 Å². The van der Waals surface area contributed by atoms with Gasteiger partial charge in [-0.05, 0) is 57.8 Å². The van der Waals surface area contributed by atoms with Crippen LogP contribution in [0.25, 0.3) is 0 Å². The molecule has 0 N–H and O–H groups in total. The zero-order valence-corrected chi connectivity index (χ0v) is 56.0. The fourth-order valence-electron chi connectivity index (χ4n) is 11.3. The van der Waals surface area contributed by atoms with E-state index in [0.29, 0.717) is 19.3 Å². The maximum absolute atomic E-state index is 12.9. The lowest BCUT2D eigenvalue weighted by molar-refractivity contribution is -0.167. The van der Waals surface area contributed by atoms with Crippen LogP contribution in [0.2, 0.25) is 0 Å². The van der Waals surface area contributed by atoms with Crippen molar-refractivity contribution in [3.63, 3.8) is 0 Å². The minimum Gasteiger partial charge on any atom is -0.462 e. The highest BCUT2D eigenvalue weighted by atomic mass is 16.6. The van der Waals surface area contributed by atoms with E-state index < -0.39 is 6.10 Å². The molecular weight excluding hydrogens is 1020 g/mol. The van der Waals surface area contributed by atoms with Gasteiger partial charge in [0.05, 0.1) is 0 Å². The van der Waals surface area contributed by atoms with Crippen LogP contribution in [0.15, 0.2) is 48.6 Å². The summed E-state index contributed by atoms with van der Waals surface area (Å²) >= 11 is 0.